The van der Waals surface area contributed by atoms with Crippen molar-refractivity contribution in [3.63, 3.8) is 0 Å². The molecule has 1 aromatic carbocycles. The van der Waals surface area contributed by atoms with Crippen molar-refractivity contribution in [3.8, 4) is 0 Å². The molecule has 0 radical (unpaired) electrons. The molecular formula is C17H24N2. The number of fused-ring (bicyclic) bond motifs is 1. The Morgan fingerprint density at radius 3 is 2.84 bits per heavy atom. The molecule has 0 amide bonds. The van der Waals surface area contributed by atoms with Crippen molar-refractivity contribution in [1.82, 2.24) is 4.57 Å². The first-order valence-corrected chi connectivity index (χ1v) is 7.57. The molecule has 1 heterocycles. The lowest BCUT2D eigenvalue weighted by Crippen LogP contribution is -2.25. The summed E-state index contributed by atoms with van der Waals surface area (Å²) in [6.45, 7) is 3.01. The molecule has 1 fully saturated rings. The van der Waals surface area contributed by atoms with E-state index in [-0.39, 0.29) is 0 Å². The first-order valence-electron chi connectivity index (χ1n) is 7.57. The number of nitrogens with zero attached hydrogens (tertiary/aromatic N) is 1. The van der Waals surface area contributed by atoms with Crippen molar-refractivity contribution in [2.75, 3.05) is 6.54 Å². The minimum Gasteiger partial charge on any atom is -0.344 e. The van der Waals surface area contributed by atoms with Gasteiger partial charge in [0.05, 0.1) is 0 Å². The van der Waals surface area contributed by atoms with Crippen LogP contribution in [-0.4, -0.2) is 11.1 Å². The maximum atomic E-state index is 6.03. The molecule has 2 atom stereocenters. The first-order chi connectivity index (χ1) is 9.31. The molecule has 2 N–H and O–H groups in total. The molecule has 0 spiro atoms. The fourth-order valence-electron chi connectivity index (χ4n) is 3.64. The lowest BCUT2D eigenvalue weighted by molar-refractivity contribution is 0.324. The predicted octanol–water partition coefficient (Wildman–Crippen LogP) is 4.03. The monoisotopic (exact) mass is 256 g/mol. The summed E-state index contributed by atoms with van der Waals surface area (Å²) in [5, 5.41) is 1.39. The molecule has 1 aromatic heterocycles. The van der Waals surface area contributed by atoms with Crippen LogP contribution in [0.15, 0.2) is 30.5 Å². The summed E-state index contributed by atoms with van der Waals surface area (Å²) in [6, 6.07) is 9.47. The summed E-state index contributed by atoms with van der Waals surface area (Å²) < 4.78 is 2.49. The van der Waals surface area contributed by atoms with Crippen LogP contribution in [0.25, 0.3) is 10.9 Å². The lowest BCUT2D eigenvalue weighted by atomic mass is 9.94. The van der Waals surface area contributed by atoms with E-state index in [0.717, 1.165) is 6.54 Å². The van der Waals surface area contributed by atoms with Gasteiger partial charge in [0.2, 0.25) is 0 Å². The van der Waals surface area contributed by atoms with Gasteiger partial charge in [-0.25, -0.2) is 0 Å². The van der Waals surface area contributed by atoms with E-state index in [2.05, 4.69) is 42.0 Å². The molecule has 3 rings (SSSR count). The highest BCUT2D eigenvalue weighted by atomic mass is 15.0. The van der Waals surface area contributed by atoms with Crippen LogP contribution >= 0.6 is 0 Å². The van der Waals surface area contributed by atoms with Gasteiger partial charge < -0.3 is 10.3 Å². The van der Waals surface area contributed by atoms with Gasteiger partial charge in [-0.15, -0.1) is 0 Å². The Bertz CT molecular complexity index is 555. The second kappa shape index (κ2) is 5.38. The number of nitrogens with two attached hydrogens (primary N) is 1. The molecular weight excluding hydrogens is 232 g/mol. The summed E-state index contributed by atoms with van der Waals surface area (Å²) in [7, 11) is 0. The van der Waals surface area contributed by atoms with E-state index < -0.39 is 0 Å². The third-order valence-corrected chi connectivity index (χ3v) is 4.76. The van der Waals surface area contributed by atoms with Gasteiger partial charge in [-0.05, 0) is 49.9 Å². The molecule has 2 nitrogen and oxygen atoms in total. The lowest BCUT2D eigenvalue weighted by Gasteiger charge is -2.26. The Balaban J connectivity index is 2.04. The summed E-state index contributed by atoms with van der Waals surface area (Å²) >= 11 is 0. The van der Waals surface area contributed by atoms with Gasteiger partial charge in [-0.3, -0.25) is 0 Å². The maximum Gasteiger partial charge on any atom is 0.0485 e. The van der Waals surface area contributed by atoms with Gasteiger partial charge >= 0.3 is 0 Å². The van der Waals surface area contributed by atoms with Crippen molar-refractivity contribution in [3.05, 3.63) is 36.0 Å². The SMILES string of the molecule is Cc1cccc2c1ccn2C1CCCCCC1CN. The third-order valence-electron chi connectivity index (χ3n) is 4.76. The molecule has 0 aliphatic heterocycles. The fraction of sp³-hybridized carbons (Fsp3) is 0.529. The van der Waals surface area contributed by atoms with Crippen LogP contribution in [0, 0.1) is 12.8 Å². The van der Waals surface area contributed by atoms with E-state index in [1.807, 2.05) is 0 Å². The number of hydrogen-bond donors (Lipinski definition) is 1. The Morgan fingerprint density at radius 2 is 2.00 bits per heavy atom. The molecule has 1 saturated carbocycles. The molecule has 0 saturated heterocycles. The molecule has 102 valence electrons. The second-order valence-electron chi connectivity index (χ2n) is 5.93. The summed E-state index contributed by atoms with van der Waals surface area (Å²) in [4.78, 5) is 0. The fourth-order valence-corrected chi connectivity index (χ4v) is 3.64. The second-order valence-corrected chi connectivity index (χ2v) is 5.93. The molecule has 2 heteroatoms. The minimum absolute atomic E-state index is 0.590. The Morgan fingerprint density at radius 1 is 1.16 bits per heavy atom. The minimum atomic E-state index is 0.590. The van der Waals surface area contributed by atoms with Crippen LogP contribution in [0.4, 0.5) is 0 Å². The number of aryl methyl sites for hydroxylation is 1. The zero-order chi connectivity index (χ0) is 13.2. The molecule has 2 aromatic rings. The summed E-state index contributed by atoms with van der Waals surface area (Å²) in [5.41, 5.74) is 8.78. The van der Waals surface area contributed by atoms with Gasteiger partial charge in [0.1, 0.15) is 0 Å². The topological polar surface area (TPSA) is 30.9 Å². The van der Waals surface area contributed by atoms with Crippen molar-refractivity contribution in [2.45, 2.75) is 45.1 Å². The van der Waals surface area contributed by atoms with Crippen LogP contribution in [0.5, 0.6) is 0 Å². The summed E-state index contributed by atoms with van der Waals surface area (Å²) in [5.74, 6) is 0.638. The Labute approximate surface area is 115 Å². The molecule has 1 aliphatic rings. The average molecular weight is 256 g/mol. The predicted molar refractivity (Wildman–Crippen MR) is 81.3 cm³/mol. The average Bonchev–Trinajstić information content (AvgIpc) is 2.71. The zero-order valence-electron chi connectivity index (χ0n) is 11.8. The molecule has 1 aliphatic carbocycles. The van der Waals surface area contributed by atoms with E-state index >= 15 is 0 Å². The smallest absolute Gasteiger partial charge is 0.0485 e. The number of rotatable bonds is 2. The Hall–Kier alpha value is -1.28. The van der Waals surface area contributed by atoms with E-state index in [4.69, 9.17) is 5.73 Å². The van der Waals surface area contributed by atoms with Crippen molar-refractivity contribution in [2.24, 2.45) is 11.7 Å². The van der Waals surface area contributed by atoms with Crippen LogP contribution in [0.3, 0.4) is 0 Å². The maximum absolute atomic E-state index is 6.03. The standard InChI is InChI=1S/C17H24N2/c1-13-6-5-9-17-15(13)10-11-19(17)16-8-4-2-3-7-14(16)12-18/h5-6,9-11,14,16H,2-4,7-8,12,18H2,1H3. The highest BCUT2D eigenvalue weighted by Gasteiger charge is 2.24. The van der Waals surface area contributed by atoms with E-state index in [1.165, 1.54) is 48.6 Å². The van der Waals surface area contributed by atoms with E-state index in [9.17, 15) is 0 Å². The van der Waals surface area contributed by atoms with Gasteiger partial charge in [0.15, 0.2) is 0 Å². The van der Waals surface area contributed by atoms with Gasteiger partial charge in [-0.2, -0.15) is 0 Å². The number of benzene rings is 1. The third kappa shape index (κ3) is 2.30. The van der Waals surface area contributed by atoms with Crippen LogP contribution in [-0.2, 0) is 0 Å². The highest BCUT2D eigenvalue weighted by Crippen LogP contribution is 2.35. The van der Waals surface area contributed by atoms with Crippen LogP contribution in [0.2, 0.25) is 0 Å². The molecule has 2 unspecified atom stereocenters. The van der Waals surface area contributed by atoms with Crippen molar-refractivity contribution < 1.29 is 0 Å². The Kier molecular flexibility index (Phi) is 3.61. The van der Waals surface area contributed by atoms with Gasteiger partial charge in [0, 0.05) is 23.1 Å². The van der Waals surface area contributed by atoms with Crippen molar-refractivity contribution in [1.29, 1.82) is 0 Å². The van der Waals surface area contributed by atoms with Gasteiger partial charge in [0.25, 0.3) is 0 Å². The largest absolute Gasteiger partial charge is 0.344 e. The molecule has 19 heavy (non-hydrogen) atoms. The van der Waals surface area contributed by atoms with Crippen molar-refractivity contribution >= 4 is 10.9 Å². The van der Waals surface area contributed by atoms with E-state index in [1.54, 1.807) is 0 Å². The molecule has 0 bridgehead atoms. The number of aromatic nitrogens is 1. The number of hydrogen-bond acceptors (Lipinski definition) is 1. The van der Waals surface area contributed by atoms with Crippen LogP contribution < -0.4 is 5.73 Å². The summed E-state index contributed by atoms with van der Waals surface area (Å²) in [6.07, 6.45) is 8.89. The highest BCUT2D eigenvalue weighted by molar-refractivity contribution is 5.83. The van der Waals surface area contributed by atoms with E-state index in [0.29, 0.717) is 12.0 Å². The van der Waals surface area contributed by atoms with Crippen LogP contribution in [0.1, 0.15) is 43.7 Å². The zero-order valence-corrected chi connectivity index (χ0v) is 11.8. The first kappa shape index (κ1) is 12.7. The van der Waals surface area contributed by atoms with Gasteiger partial charge in [-0.1, -0.05) is 31.4 Å². The quantitative estimate of drug-likeness (QED) is 0.808. The normalized spacial score (nSPS) is 24.5.